The fourth-order valence-corrected chi connectivity index (χ4v) is 2.24. The van der Waals surface area contributed by atoms with Gasteiger partial charge in [0.1, 0.15) is 16.8 Å². The van der Waals surface area contributed by atoms with E-state index in [1.54, 1.807) is 0 Å². The average Bonchev–Trinajstić information content (AvgIpc) is 2.85. The molecule has 0 aromatic carbocycles. The molecule has 1 aliphatic rings. The Balaban J connectivity index is 2.05. The van der Waals surface area contributed by atoms with Crippen molar-refractivity contribution in [2.45, 2.75) is 45.6 Å². The Morgan fingerprint density at radius 1 is 1.44 bits per heavy atom. The van der Waals surface area contributed by atoms with Crippen molar-refractivity contribution in [3.8, 4) is 0 Å². The number of hydrogen-bond acceptors (Lipinski definition) is 4. The smallest absolute Gasteiger partial charge is 0.137 e. The predicted molar refractivity (Wildman–Crippen MR) is 73.2 cm³/mol. The van der Waals surface area contributed by atoms with E-state index >= 15 is 0 Å². The first-order valence-electron chi connectivity index (χ1n) is 6.59. The standard InChI is InChI=1S/C13H20ClN3O/c1-3-5-11-16-12(14)9(2)13(17-11)15-8-10-6-4-7-18-10/h10H,3-8H2,1-2H3,(H,15,16,17). The molecule has 1 saturated heterocycles. The van der Waals surface area contributed by atoms with Crippen LogP contribution < -0.4 is 5.32 Å². The van der Waals surface area contributed by atoms with Gasteiger partial charge in [0.05, 0.1) is 6.10 Å². The summed E-state index contributed by atoms with van der Waals surface area (Å²) in [6.07, 6.45) is 4.44. The zero-order valence-corrected chi connectivity index (χ0v) is 11.8. The van der Waals surface area contributed by atoms with Crippen molar-refractivity contribution in [3.63, 3.8) is 0 Å². The first-order chi connectivity index (χ1) is 8.70. The molecule has 4 nitrogen and oxygen atoms in total. The van der Waals surface area contributed by atoms with E-state index < -0.39 is 0 Å². The highest BCUT2D eigenvalue weighted by Gasteiger charge is 2.16. The molecule has 2 heterocycles. The van der Waals surface area contributed by atoms with Crippen LogP contribution in [0.1, 0.15) is 37.6 Å². The molecule has 1 unspecified atom stereocenters. The van der Waals surface area contributed by atoms with Gasteiger partial charge in [0.2, 0.25) is 0 Å². The van der Waals surface area contributed by atoms with E-state index in [1.807, 2.05) is 6.92 Å². The molecular formula is C13H20ClN3O. The zero-order valence-electron chi connectivity index (χ0n) is 11.0. The molecule has 1 fully saturated rings. The van der Waals surface area contributed by atoms with E-state index in [-0.39, 0.29) is 0 Å². The molecule has 100 valence electrons. The monoisotopic (exact) mass is 269 g/mol. The summed E-state index contributed by atoms with van der Waals surface area (Å²) in [5.74, 6) is 1.65. The molecule has 1 N–H and O–H groups in total. The second kappa shape index (κ2) is 6.34. The normalized spacial score (nSPS) is 19.2. The summed E-state index contributed by atoms with van der Waals surface area (Å²) in [7, 11) is 0. The molecule has 2 rings (SSSR count). The lowest BCUT2D eigenvalue weighted by Gasteiger charge is -2.14. The third-order valence-electron chi connectivity index (χ3n) is 3.13. The summed E-state index contributed by atoms with van der Waals surface area (Å²) in [5, 5.41) is 3.88. The molecule has 0 amide bonds. The lowest BCUT2D eigenvalue weighted by molar-refractivity contribution is 0.120. The highest BCUT2D eigenvalue weighted by molar-refractivity contribution is 6.30. The number of hydrogen-bond donors (Lipinski definition) is 1. The van der Waals surface area contributed by atoms with Crippen molar-refractivity contribution < 1.29 is 4.74 Å². The summed E-state index contributed by atoms with van der Waals surface area (Å²) in [6, 6.07) is 0. The van der Waals surface area contributed by atoms with Crippen LogP contribution in [0.25, 0.3) is 0 Å². The third kappa shape index (κ3) is 3.33. The van der Waals surface area contributed by atoms with E-state index in [0.717, 1.165) is 56.0 Å². The van der Waals surface area contributed by atoms with Gasteiger partial charge in [0, 0.05) is 25.1 Å². The van der Waals surface area contributed by atoms with Gasteiger partial charge in [0.15, 0.2) is 0 Å². The van der Waals surface area contributed by atoms with Crippen LogP contribution in [-0.4, -0.2) is 29.2 Å². The molecular weight excluding hydrogens is 250 g/mol. The molecule has 18 heavy (non-hydrogen) atoms. The highest BCUT2D eigenvalue weighted by atomic mass is 35.5. The average molecular weight is 270 g/mol. The number of nitrogens with zero attached hydrogens (tertiary/aromatic N) is 2. The van der Waals surface area contributed by atoms with Gasteiger partial charge in [-0.1, -0.05) is 18.5 Å². The van der Waals surface area contributed by atoms with Crippen molar-refractivity contribution in [2.24, 2.45) is 0 Å². The van der Waals surface area contributed by atoms with Crippen LogP contribution in [0.3, 0.4) is 0 Å². The maximum atomic E-state index is 6.13. The number of rotatable bonds is 5. The van der Waals surface area contributed by atoms with Crippen molar-refractivity contribution >= 4 is 17.4 Å². The number of anilines is 1. The fourth-order valence-electron chi connectivity index (χ4n) is 2.06. The lowest BCUT2D eigenvalue weighted by Crippen LogP contribution is -2.20. The van der Waals surface area contributed by atoms with Crippen LogP contribution >= 0.6 is 11.6 Å². The van der Waals surface area contributed by atoms with Gasteiger partial charge in [0.25, 0.3) is 0 Å². The van der Waals surface area contributed by atoms with Crippen LogP contribution in [0, 0.1) is 6.92 Å². The summed E-state index contributed by atoms with van der Waals surface area (Å²) in [4.78, 5) is 8.81. The van der Waals surface area contributed by atoms with Gasteiger partial charge >= 0.3 is 0 Å². The number of aryl methyl sites for hydroxylation is 1. The van der Waals surface area contributed by atoms with Crippen molar-refractivity contribution in [1.82, 2.24) is 9.97 Å². The Labute approximate surface area is 113 Å². The van der Waals surface area contributed by atoms with Crippen LogP contribution in [0.4, 0.5) is 5.82 Å². The molecule has 1 atom stereocenters. The quantitative estimate of drug-likeness (QED) is 0.835. The summed E-state index contributed by atoms with van der Waals surface area (Å²) in [5.41, 5.74) is 0.912. The largest absolute Gasteiger partial charge is 0.376 e. The van der Waals surface area contributed by atoms with Crippen LogP contribution in [0.5, 0.6) is 0 Å². The predicted octanol–water partition coefficient (Wildman–Crippen LogP) is 2.98. The first kappa shape index (κ1) is 13.6. The van der Waals surface area contributed by atoms with Crippen LogP contribution in [-0.2, 0) is 11.2 Å². The minimum absolute atomic E-state index is 0.299. The van der Waals surface area contributed by atoms with Gasteiger partial charge in [-0.25, -0.2) is 9.97 Å². The van der Waals surface area contributed by atoms with Gasteiger partial charge in [-0.3, -0.25) is 0 Å². The van der Waals surface area contributed by atoms with E-state index in [4.69, 9.17) is 16.3 Å². The fraction of sp³-hybridized carbons (Fsp3) is 0.692. The lowest BCUT2D eigenvalue weighted by atomic mass is 10.2. The Kier molecular flexibility index (Phi) is 4.78. The number of aromatic nitrogens is 2. The molecule has 0 aliphatic carbocycles. The first-order valence-corrected chi connectivity index (χ1v) is 6.97. The topological polar surface area (TPSA) is 47.0 Å². The van der Waals surface area contributed by atoms with E-state index in [9.17, 15) is 0 Å². The molecule has 1 aromatic heterocycles. The Hall–Kier alpha value is -0.870. The molecule has 1 aromatic rings. The third-order valence-corrected chi connectivity index (χ3v) is 3.50. The van der Waals surface area contributed by atoms with Crippen molar-refractivity contribution in [1.29, 1.82) is 0 Å². The van der Waals surface area contributed by atoms with Crippen molar-refractivity contribution in [3.05, 3.63) is 16.5 Å². The molecule has 0 radical (unpaired) electrons. The van der Waals surface area contributed by atoms with E-state index in [2.05, 4.69) is 22.2 Å². The van der Waals surface area contributed by atoms with Crippen molar-refractivity contribution in [2.75, 3.05) is 18.5 Å². The maximum Gasteiger partial charge on any atom is 0.137 e. The molecule has 1 aliphatic heterocycles. The minimum atomic E-state index is 0.299. The SMILES string of the molecule is CCCc1nc(Cl)c(C)c(NCC2CCCO2)n1. The second-order valence-corrected chi connectivity index (χ2v) is 5.03. The molecule has 0 saturated carbocycles. The van der Waals surface area contributed by atoms with E-state index in [1.165, 1.54) is 0 Å². The number of nitrogens with one attached hydrogen (secondary N) is 1. The Morgan fingerprint density at radius 3 is 2.94 bits per heavy atom. The van der Waals surface area contributed by atoms with Gasteiger partial charge in [-0.15, -0.1) is 0 Å². The second-order valence-electron chi connectivity index (χ2n) is 4.67. The van der Waals surface area contributed by atoms with Crippen LogP contribution in [0.15, 0.2) is 0 Å². The van der Waals surface area contributed by atoms with Gasteiger partial charge in [-0.2, -0.15) is 0 Å². The Morgan fingerprint density at radius 2 is 2.28 bits per heavy atom. The number of ether oxygens (including phenoxy) is 1. The Bertz CT molecular complexity index is 405. The van der Waals surface area contributed by atoms with E-state index in [0.29, 0.717) is 11.3 Å². The summed E-state index contributed by atoms with van der Waals surface area (Å²) < 4.78 is 5.58. The molecule has 5 heteroatoms. The summed E-state index contributed by atoms with van der Waals surface area (Å²) >= 11 is 6.13. The van der Waals surface area contributed by atoms with Gasteiger partial charge in [-0.05, 0) is 26.2 Å². The molecule has 0 spiro atoms. The maximum absolute atomic E-state index is 6.13. The van der Waals surface area contributed by atoms with Gasteiger partial charge < -0.3 is 10.1 Å². The zero-order chi connectivity index (χ0) is 13.0. The molecule has 0 bridgehead atoms. The number of halogens is 1. The van der Waals surface area contributed by atoms with Crippen LogP contribution in [0.2, 0.25) is 5.15 Å². The highest BCUT2D eigenvalue weighted by Crippen LogP contribution is 2.21. The summed E-state index contributed by atoms with van der Waals surface area (Å²) in [6.45, 7) is 5.71. The minimum Gasteiger partial charge on any atom is -0.376 e.